The highest BCUT2D eigenvalue weighted by Crippen LogP contribution is 2.34. The van der Waals surface area contributed by atoms with Gasteiger partial charge in [-0.2, -0.15) is 23.4 Å². The Hall–Kier alpha value is -2.91. The molecule has 0 unspecified atom stereocenters. The maximum Gasteiger partial charge on any atom is 0.433 e. The van der Waals surface area contributed by atoms with Crippen LogP contribution in [0.15, 0.2) is 12.1 Å². The van der Waals surface area contributed by atoms with Crippen molar-refractivity contribution in [1.82, 2.24) is 29.3 Å². The number of hydrogen-bond donors (Lipinski definition) is 0. The van der Waals surface area contributed by atoms with E-state index in [2.05, 4.69) is 15.2 Å². The van der Waals surface area contributed by atoms with Crippen LogP contribution >= 0.6 is 0 Å². The summed E-state index contributed by atoms with van der Waals surface area (Å²) in [6, 6.07) is 2.27. The van der Waals surface area contributed by atoms with E-state index in [9.17, 15) is 18.0 Å². The highest BCUT2D eigenvalue weighted by atomic mass is 19.4. The Morgan fingerprint density at radius 3 is 2.56 bits per heavy atom. The number of nitrogens with zero attached hydrogens (tertiary/aromatic N) is 6. The number of hydrogen-bond acceptors (Lipinski definition) is 4. The predicted molar refractivity (Wildman–Crippen MR) is 112 cm³/mol. The van der Waals surface area contributed by atoms with Gasteiger partial charge in [0, 0.05) is 37.0 Å². The number of amides is 1. The first-order valence-corrected chi connectivity index (χ1v) is 10.9. The Balaban J connectivity index is 1.58. The molecule has 1 aliphatic rings. The van der Waals surface area contributed by atoms with E-state index in [1.807, 2.05) is 25.5 Å². The minimum atomic E-state index is -4.54. The molecule has 172 valence electrons. The minimum absolute atomic E-state index is 0.0481. The van der Waals surface area contributed by atoms with Crippen LogP contribution < -0.4 is 0 Å². The number of carbonyl (C=O) groups is 1. The normalized spacial score (nSPS) is 17.0. The van der Waals surface area contributed by atoms with E-state index in [1.54, 1.807) is 17.9 Å². The third-order valence-electron chi connectivity index (χ3n) is 6.35. The maximum atomic E-state index is 13.6. The molecule has 3 aromatic rings. The van der Waals surface area contributed by atoms with Crippen molar-refractivity contribution in [3.63, 3.8) is 0 Å². The summed E-state index contributed by atoms with van der Waals surface area (Å²) in [6.45, 7) is 8.71. The van der Waals surface area contributed by atoms with Gasteiger partial charge in [0.15, 0.2) is 5.65 Å². The number of carbonyl (C=O) groups excluding carboxylic acids is 1. The van der Waals surface area contributed by atoms with Crippen LogP contribution in [0, 0.1) is 20.8 Å². The summed E-state index contributed by atoms with van der Waals surface area (Å²) in [5, 5.41) is 8.72. The van der Waals surface area contributed by atoms with Crippen molar-refractivity contribution in [2.45, 2.75) is 72.1 Å². The van der Waals surface area contributed by atoms with Crippen LogP contribution in [-0.4, -0.2) is 41.7 Å². The van der Waals surface area contributed by atoms with Crippen molar-refractivity contribution in [2.24, 2.45) is 0 Å². The first kappa shape index (κ1) is 22.3. The van der Waals surface area contributed by atoms with Crippen molar-refractivity contribution in [3.05, 3.63) is 46.2 Å². The summed E-state index contributed by atoms with van der Waals surface area (Å²) in [5.41, 5.74) is 3.20. The van der Waals surface area contributed by atoms with Crippen molar-refractivity contribution >= 4 is 11.6 Å². The Kier molecular flexibility index (Phi) is 5.72. The number of aryl methyl sites for hydroxylation is 3. The first-order chi connectivity index (χ1) is 15.1. The van der Waals surface area contributed by atoms with Gasteiger partial charge in [-0.3, -0.25) is 9.48 Å². The van der Waals surface area contributed by atoms with E-state index in [-0.39, 0.29) is 24.0 Å². The highest BCUT2D eigenvalue weighted by Gasteiger charge is 2.37. The fraction of sp³-hybridized carbons (Fsp3) is 0.545. The second-order valence-electron chi connectivity index (χ2n) is 8.34. The van der Waals surface area contributed by atoms with Crippen LogP contribution in [0.25, 0.3) is 5.65 Å². The monoisotopic (exact) mass is 448 g/mol. The Morgan fingerprint density at radius 2 is 1.94 bits per heavy atom. The molecule has 4 heterocycles. The van der Waals surface area contributed by atoms with Gasteiger partial charge < -0.3 is 4.90 Å². The van der Waals surface area contributed by atoms with Gasteiger partial charge in [0.2, 0.25) is 5.91 Å². The lowest BCUT2D eigenvalue weighted by atomic mass is 10.1. The molecule has 1 saturated heterocycles. The van der Waals surface area contributed by atoms with Crippen LogP contribution in [0.1, 0.15) is 66.3 Å². The lowest BCUT2D eigenvalue weighted by Gasteiger charge is -2.23. The van der Waals surface area contributed by atoms with Gasteiger partial charge in [0.05, 0.1) is 17.4 Å². The topological polar surface area (TPSA) is 68.3 Å². The molecule has 0 saturated carbocycles. The zero-order chi connectivity index (χ0) is 23.2. The molecule has 0 aliphatic carbocycles. The van der Waals surface area contributed by atoms with Crippen LogP contribution in [-0.2, 0) is 23.9 Å². The molecule has 1 fully saturated rings. The van der Waals surface area contributed by atoms with E-state index in [1.165, 1.54) is 0 Å². The van der Waals surface area contributed by atoms with Gasteiger partial charge in [-0.25, -0.2) is 9.50 Å². The van der Waals surface area contributed by atoms with Gasteiger partial charge >= 0.3 is 6.18 Å². The minimum Gasteiger partial charge on any atom is -0.334 e. The standard InChI is InChI=1S/C22H27F3N6O/c1-5-16-11-19(22(23,24)25)31-20(26-16)12-17(28-31)18-7-6-9-29(18)21(32)8-10-30-15(4)13(2)14(3)27-30/h11-12,18H,5-10H2,1-4H3/t18-/m0/s1. The molecule has 1 aliphatic heterocycles. The fourth-order valence-electron chi connectivity index (χ4n) is 4.31. The van der Waals surface area contributed by atoms with Gasteiger partial charge in [-0.1, -0.05) is 6.92 Å². The highest BCUT2D eigenvalue weighted by molar-refractivity contribution is 5.77. The van der Waals surface area contributed by atoms with Crippen molar-refractivity contribution in [3.8, 4) is 0 Å². The average molecular weight is 448 g/mol. The molecule has 3 aromatic heterocycles. The number of fused-ring (bicyclic) bond motifs is 1. The molecule has 1 amide bonds. The summed E-state index contributed by atoms with van der Waals surface area (Å²) >= 11 is 0. The number of halogens is 3. The van der Waals surface area contributed by atoms with E-state index < -0.39 is 11.9 Å². The SMILES string of the molecule is CCc1cc(C(F)(F)F)n2nc([C@@H]3CCCN3C(=O)CCn3nc(C)c(C)c3C)cc2n1. The first-order valence-electron chi connectivity index (χ1n) is 10.9. The molecule has 1 atom stereocenters. The molecule has 0 radical (unpaired) electrons. The Morgan fingerprint density at radius 1 is 1.19 bits per heavy atom. The molecule has 0 bridgehead atoms. The van der Waals surface area contributed by atoms with Gasteiger partial charge in [0.1, 0.15) is 5.69 Å². The van der Waals surface area contributed by atoms with Gasteiger partial charge in [0.25, 0.3) is 0 Å². The number of likely N-dealkylation sites (tertiary alicyclic amines) is 1. The van der Waals surface area contributed by atoms with E-state index in [4.69, 9.17) is 0 Å². The zero-order valence-corrected chi connectivity index (χ0v) is 18.7. The second-order valence-corrected chi connectivity index (χ2v) is 8.34. The van der Waals surface area contributed by atoms with E-state index in [0.717, 1.165) is 34.0 Å². The summed E-state index contributed by atoms with van der Waals surface area (Å²) in [6.07, 6.45) is -2.44. The zero-order valence-electron chi connectivity index (χ0n) is 18.7. The quantitative estimate of drug-likeness (QED) is 0.587. The summed E-state index contributed by atoms with van der Waals surface area (Å²) in [7, 11) is 0. The van der Waals surface area contributed by atoms with Gasteiger partial charge in [-0.05, 0) is 51.7 Å². The van der Waals surface area contributed by atoms with Crippen LogP contribution in [0.5, 0.6) is 0 Å². The smallest absolute Gasteiger partial charge is 0.334 e. The second kappa shape index (κ2) is 8.22. The predicted octanol–water partition coefficient (Wildman–Crippen LogP) is 4.19. The van der Waals surface area contributed by atoms with E-state index in [0.29, 0.717) is 37.3 Å². The van der Waals surface area contributed by atoms with E-state index >= 15 is 0 Å². The number of alkyl halides is 3. The molecule has 10 heteroatoms. The number of aromatic nitrogens is 5. The number of rotatable bonds is 5. The lowest BCUT2D eigenvalue weighted by molar-refractivity contribution is -0.142. The lowest BCUT2D eigenvalue weighted by Crippen LogP contribution is -2.31. The fourth-order valence-corrected chi connectivity index (χ4v) is 4.31. The van der Waals surface area contributed by atoms with Crippen molar-refractivity contribution in [2.75, 3.05) is 6.54 Å². The van der Waals surface area contributed by atoms with Crippen LogP contribution in [0.4, 0.5) is 13.2 Å². The molecule has 4 rings (SSSR count). The molecule has 0 aromatic carbocycles. The molecule has 0 spiro atoms. The third kappa shape index (κ3) is 3.98. The molecular formula is C22H27F3N6O. The molecule has 7 nitrogen and oxygen atoms in total. The van der Waals surface area contributed by atoms with Gasteiger partial charge in [-0.15, -0.1) is 0 Å². The van der Waals surface area contributed by atoms with Crippen molar-refractivity contribution in [1.29, 1.82) is 0 Å². The molecule has 32 heavy (non-hydrogen) atoms. The maximum absolute atomic E-state index is 13.6. The van der Waals surface area contributed by atoms with Crippen LogP contribution in [0.3, 0.4) is 0 Å². The molecule has 0 N–H and O–H groups in total. The Bertz CT molecular complexity index is 1160. The summed E-state index contributed by atoms with van der Waals surface area (Å²) < 4.78 is 43.5. The van der Waals surface area contributed by atoms with Crippen LogP contribution in [0.2, 0.25) is 0 Å². The summed E-state index contributed by atoms with van der Waals surface area (Å²) in [4.78, 5) is 19.0. The average Bonchev–Trinajstić information content (AvgIpc) is 3.44. The van der Waals surface area contributed by atoms with Crippen molar-refractivity contribution < 1.29 is 18.0 Å². The molecular weight excluding hydrogens is 421 g/mol. The summed E-state index contributed by atoms with van der Waals surface area (Å²) in [5.74, 6) is -0.0481. The third-order valence-corrected chi connectivity index (χ3v) is 6.35. The largest absolute Gasteiger partial charge is 0.433 e. The Labute approximate surface area is 184 Å².